The summed E-state index contributed by atoms with van der Waals surface area (Å²) in [5.41, 5.74) is 1.81. The van der Waals surface area contributed by atoms with Gasteiger partial charge in [-0.3, -0.25) is 4.90 Å². The monoisotopic (exact) mass is 612 g/mol. The Balaban J connectivity index is 1.35. The summed E-state index contributed by atoms with van der Waals surface area (Å²) in [5, 5.41) is 9.70. The molecule has 3 aromatic rings. The second kappa shape index (κ2) is 13.8. The molecule has 4 rings (SSSR count). The molecular formula is C27H32BrClF2N4O3. The molecule has 0 aliphatic carbocycles. The third kappa shape index (κ3) is 7.30. The van der Waals surface area contributed by atoms with Crippen molar-refractivity contribution in [2.24, 2.45) is 0 Å². The van der Waals surface area contributed by atoms with Crippen LogP contribution in [0.2, 0.25) is 5.02 Å². The van der Waals surface area contributed by atoms with Gasteiger partial charge in [-0.1, -0.05) is 39.7 Å². The van der Waals surface area contributed by atoms with Crippen LogP contribution >= 0.6 is 27.5 Å². The molecule has 2 atom stereocenters. The van der Waals surface area contributed by atoms with Crippen LogP contribution in [0.1, 0.15) is 47.7 Å². The first-order valence-corrected chi connectivity index (χ1v) is 13.9. The second-order valence-corrected chi connectivity index (χ2v) is 10.9. The third-order valence-corrected chi connectivity index (χ3v) is 7.76. The van der Waals surface area contributed by atoms with E-state index in [-0.39, 0.29) is 19.1 Å². The van der Waals surface area contributed by atoms with Gasteiger partial charge in [0.05, 0.1) is 36.5 Å². The highest BCUT2D eigenvalue weighted by Gasteiger charge is 2.27. The summed E-state index contributed by atoms with van der Waals surface area (Å²) >= 11 is 9.03. The first kappa shape index (κ1) is 28.9. The second-order valence-electron chi connectivity index (χ2n) is 9.32. The van der Waals surface area contributed by atoms with Crippen molar-refractivity contribution >= 4 is 27.5 Å². The number of methoxy groups -OCH3 is 1. The average Bonchev–Trinajstić information content (AvgIpc) is 3.33. The number of halogens is 4. The Kier molecular flexibility index (Phi) is 10.5. The number of alkyl halides is 2. The standard InChI is InChI=1S/C27H32BrClF2N4O3/c1-37-12-11-35-24(27(31)21(28)16-36)14-32-25(35)15-34-9-7-18(8-10-34)23-3-2-4-26(33-23)38-17-19-5-6-20(29)13-22(19)30/h2-6,13-14,18,21,27,36H,7-12,15-17H2,1H3. The fraction of sp³-hybridized carbons (Fsp3) is 0.481. The van der Waals surface area contributed by atoms with Gasteiger partial charge in [-0.2, -0.15) is 0 Å². The number of piperidine rings is 1. The Morgan fingerprint density at radius 1 is 1.24 bits per heavy atom. The number of aliphatic hydroxyl groups excluding tert-OH is 1. The number of ether oxygens (including phenoxy) is 2. The summed E-state index contributed by atoms with van der Waals surface area (Å²) in [7, 11) is 1.61. The number of rotatable bonds is 12. The third-order valence-electron chi connectivity index (χ3n) is 6.77. The molecule has 2 unspecified atom stereocenters. The fourth-order valence-corrected chi connectivity index (χ4v) is 5.04. The lowest BCUT2D eigenvalue weighted by molar-refractivity contribution is 0.172. The van der Waals surface area contributed by atoms with Crippen LogP contribution in [0, 0.1) is 5.82 Å². The zero-order chi connectivity index (χ0) is 27.1. The maximum Gasteiger partial charge on any atom is 0.213 e. The molecule has 3 heterocycles. The Hall–Kier alpha value is -2.11. The molecule has 0 amide bonds. The SMILES string of the molecule is COCCn1c(C(F)C(Br)CO)cnc1CN1CCC(c2cccc(OCc3ccc(Cl)cc3F)n2)CC1. The Morgan fingerprint density at radius 2 is 2.03 bits per heavy atom. The normalized spacial score (nSPS) is 16.5. The predicted molar refractivity (Wildman–Crippen MR) is 145 cm³/mol. The van der Waals surface area contributed by atoms with E-state index < -0.39 is 16.8 Å². The van der Waals surface area contributed by atoms with Crippen molar-refractivity contribution in [3.63, 3.8) is 0 Å². The van der Waals surface area contributed by atoms with E-state index in [9.17, 15) is 13.9 Å². The van der Waals surface area contributed by atoms with E-state index in [1.807, 2.05) is 16.7 Å². The summed E-state index contributed by atoms with van der Waals surface area (Å²) < 4.78 is 41.8. The number of hydrogen-bond donors (Lipinski definition) is 1. The van der Waals surface area contributed by atoms with Gasteiger partial charge in [0.25, 0.3) is 0 Å². The van der Waals surface area contributed by atoms with Crippen LogP contribution in [0.25, 0.3) is 0 Å². The fourth-order valence-electron chi connectivity index (χ4n) is 4.61. The lowest BCUT2D eigenvalue weighted by Gasteiger charge is -2.31. The summed E-state index contributed by atoms with van der Waals surface area (Å²) in [4.78, 5) is 10.8. The first-order chi connectivity index (χ1) is 18.4. The van der Waals surface area contributed by atoms with Gasteiger partial charge in [0.15, 0.2) is 6.17 Å². The van der Waals surface area contributed by atoms with Crippen LogP contribution in [0.4, 0.5) is 8.78 Å². The first-order valence-electron chi connectivity index (χ1n) is 12.6. The van der Waals surface area contributed by atoms with Crippen molar-refractivity contribution in [1.82, 2.24) is 19.4 Å². The van der Waals surface area contributed by atoms with Gasteiger partial charge in [-0.25, -0.2) is 18.7 Å². The van der Waals surface area contributed by atoms with E-state index in [4.69, 9.17) is 21.1 Å². The number of nitrogens with zero attached hydrogens (tertiary/aromatic N) is 4. The van der Waals surface area contributed by atoms with Crippen LogP contribution in [0.3, 0.4) is 0 Å². The van der Waals surface area contributed by atoms with Crippen LogP contribution in [-0.2, 0) is 24.4 Å². The number of hydrogen-bond acceptors (Lipinski definition) is 6. The minimum atomic E-state index is -1.37. The maximum atomic E-state index is 14.9. The lowest BCUT2D eigenvalue weighted by atomic mass is 9.93. The molecule has 1 aromatic carbocycles. The van der Waals surface area contributed by atoms with Gasteiger partial charge in [0.1, 0.15) is 18.2 Å². The van der Waals surface area contributed by atoms with Crippen molar-refractivity contribution < 1.29 is 23.4 Å². The van der Waals surface area contributed by atoms with E-state index in [1.54, 1.807) is 31.5 Å². The highest BCUT2D eigenvalue weighted by atomic mass is 79.9. The van der Waals surface area contributed by atoms with Crippen LogP contribution in [0.5, 0.6) is 5.88 Å². The number of aromatic nitrogens is 3. The van der Waals surface area contributed by atoms with E-state index in [0.29, 0.717) is 41.9 Å². The number of benzene rings is 1. The highest BCUT2D eigenvalue weighted by molar-refractivity contribution is 9.09. The van der Waals surface area contributed by atoms with Gasteiger partial charge >= 0.3 is 0 Å². The molecule has 11 heteroatoms. The summed E-state index contributed by atoms with van der Waals surface area (Å²) in [5.74, 6) is 1.11. The van der Waals surface area contributed by atoms with Gasteiger partial charge < -0.3 is 19.1 Å². The Labute approximate surface area is 234 Å². The van der Waals surface area contributed by atoms with E-state index in [2.05, 4.69) is 30.8 Å². The summed E-state index contributed by atoms with van der Waals surface area (Å²) in [6, 6.07) is 10.2. The van der Waals surface area contributed by atoms with Crippen molar-refractivity contribution in [1.29, 1.82) is 0 Å². The molecule has 0 bridgehead atoms. The summed E-state index contributed by atoms with van der Waals surface area (Å²) in [6.45, 7) is 2.97. The Bertz CT molecular complexity index is 1190. The van der Waals surface area contributed by atoms with Gasteiger partial charge in [0, 0.05) is 41.9 Å². The van der Waals surface area contributed by atoms with Crippen LogP contribution in [0.15, 0.2) is 42.6 Å². The van der Waals surface area contributed by atoms with Crippen molar-refractivity contribution in [2.45, 2.75) is 49.5 Å². The number of likely N-dealkylation sites (tertiary alicyclic amines) is 1. The molecule has 0 radical (unpaired) electrons. The largest absolute Gasteiger partial charge is 0.473 e. The minimum absolute atomic E-state index is 0.0729. The smallest absolute Gasteiger partial charge is 0.213 e. The number of aliphatic hydroxyl groups is 1. The Morgan fingerprint density at radius 3 is 2.74 bits per heavy atom. The predicted octanol–water partition coefficient (Wildman–Crippen LogP) is 5.44. The van der Waals surface area contributed by atoms with Crippen LogP contribution < -0.4 is 4.74 Å². The molecule has 1 fully saturated rings. The van der Waals surface area contributed by atoms with Gasteiger partial charge in [-0.05, 0) is 44.1 Å². The van der Waals surface area contributed by atoms with Crippen molar-refractivity contribution in [3.8, 4) is 5.88 Å². The van der Waals surface area contributed by atoms with Crippen molar-refractivity contribution in [3.05, 3.63) is 76.2 Å². The van der Waals surface area contributed by atoms with E-state index >= 15 is 0 Å². The van der Waals surface area contributed by atoms with E-state index in [0.717, 1.165) is 37.4 Å². The van der Waals surface area contributed by atoms with E-state index in [1.165, 1.54) is 6.07 Å². The molecule has 0 saturated carbocycles. The van der Waals surface area contributed by atoms with Gasteiger partial charge in [0.2, 0.25) is 5.88 Å². The maximum absolute atomic E-state index is 14.9. The van der Waals surface area contributed by atoms with Crippen LogP contribution in [-0.4, -0.2) is 62.8 Å². The molecule has 1 aliphatic heterocycles. The topological polar surface area (TPSA) is 72.6 Å². The number of pyridine rings is 1. The quantitative estimate of drug-likeness (QED) is 0.274. The minimum Gasteiger partial charge on any atom is -0.473 e. The zero-order valence-electron chi connectivity index (χ0n) is 21.2. The number of imidazole rings is 1. The highest BCUT2D eigenvalue weighted by Crippen LogP contribution is 2.31. The molecule has 206 valence electrons. The molecule has 2 aromatic heterocycles. The summed E-state index contributed by atoms with van der Waals surface area (Å²) in [6.07, 6.45) is 2.00. The molecule has 1 saturated heterocycles. The average molecular weight is 614 g/mol. The molecular weight excluding hydrogens is 582 g/mol. The zero-order valence-corrected chi connectivity index (χ0v) is 23.5. The molecule has 38 heavy (non-hydrogen) atoms. The molecule has 1 N–H and O–H groups in total. The van der Waals surface area contributed by atoms with Crippen molar-refractivity contribution in [2.75, 3.05) is 33.4 Å². The lowest BCUT2D eigenvalue weighted by Crippen LogP contribution is -2.34. The molecule has 7 nitrogen and oxygen atoms in total. The van der Waals surface area contributed by atoms with Gasteiger partial charge in [-0.15, -0.1) is 0 Å². The molecule has 1 aliphatic rings. The molecule has 0 spiro atoms.